The highest BCUT2D eigenvalue weighted by Crippen LogP contribution is 2.40. The Kier molecular flexibility index (Phi) is 8.90. The van der Waals surface area contributed by atoms with Gasteiger partial charge >= 0.3 is 0 Å². The average molecular weight is 746 g/mol. The first-order valence-corrected chi connectivity index (χ1v) is 21.5. The first-order chi connectivity index (χ1) is 28.3. The fourth-order valence-electron chi connectivity index (χ4n) is 8.52. The summed E-state index contributed by atoms with van der Waals surface area (Å²) in [6.07, 6.45) is 0. The normalized spacial score (nSPS) is 11.5. The number of hydrogen-bond acceptors (Lipinski definition) is 2. The molecule has 0 amide bonds. The van der Waals surface area contributed by atoms with Gasteiger partial charge in [0.15, 0.2) is 8.07 Å². The molecule has 0 radical (unpaired) electrons. The molecule has 0 aliphatic rings. The van der Waals surface area contributed by atoms with E-state index in [0.29, 0.717) is 0 Å². The lowest BCUT2D eigenvalue weighted by Crippen LogP contribution is -2.74. The van der Waals surface area contributed by atoms with Crippen LogP contribution < -0.4 is 25.6 Å². The third-order valence-electron chi connectivity index (χ3n) is 11.2. The molecule has 1 heterocycles. The molecule has 2 nitrogen and oxygen atoms in total. The van der Waals surface area contributed by atoms with E-state index in [0.717, 1.165) is 39.0 Å². The molecule has 0 spiro atoms. The average Bonchev–Trinajstić information content (AvgIpc) is 3.66. The lowest BCUT2D eigenvalue weighted by atomic mass is 10.0. The van der Waals surface area contributed by atoms with Crippen molar-refractivity contribution in [2.45, 2.75) is 0 Å². The van der Waals surface area contributed by atoms with E-state index in [9.17, 15) is 0 Å². The van der Waals surface area contributed by atoms with Crippen molar-refractivity contribution in [1.82, 2.24) is 0 Å². The molecular formula is C54H39NOSi. The number of hydrogen-bond donors (Lipinski definition) is 0. The largest absolute Gasteiger partial charge is 0.456 e. The minimum Gasteiger partial charge on any atom is -0.456 e. The van der Waals surface area contributed by atoms with Crippen LogP contribution in [0.3, 0.4) is 0 Å². The van der Waals surface area contributed by atoms with Gasteiger partial charge in [-0.25, -0.2) is 0 Å². The fourth-order valence-corrected chi connectivity index (χ4v) is 13.3. The van der Waals surface area contributed by atoms with Crippen molar-refractivity contribution in [3.8, 4) is 22.3 Å². The standard InChI is InChI=1S/C54H39NOSi/c1-6-16-40(17-7-1)43-30-36-53-51(38-43)52-39-46(33-37-54(52)56-53)55(44-18-8-2-9-19-44)45-31-26-41(27-32-45)42-28-34-50(35-29-42)57(47-20-10-3-11-21-47,48-22-12-4-13-23-48)49-24-14-5-15-25-49/h1-39H. The van der Waals surface area contributed by atoms with Crippen LogP contribution >= 0.6 is 0 Å². The summed E-state index contributed by atoms with van der Waals surface area (Å²) in [4.78, 5) is 2.33. The number of furan rings is 1. The monoisotopic (exact) mass is 745 g/mol. The van der Waals surface area contributed by atoms with Crippen LogP contribution in [0.5, 0.6) is 0 Å². The van der Waals surface area contributed by atoms with Gasteiger partial charge in [0, 0.05) is 27.8 Å². The van der Waals surface area contributed by atoms with Gasteiger partial charge in [0.05, 0.1) is 0 Å². The maximum absolute atomic E-state index is 6.34. The van der Waals surface area contributed by atoms with Gasteiger partial charge in [-0.15, -0.1) is 0 Å². The molecule has 0 fully saturated rings. The molecule has 10 aromatic rings. The van der Waals surface area contributed by atoms with Crippen LogP contribution in [-0.4, -0.2) is 8.07 Å². The highest BCUT2D eigenvalue weighted by atomic mass is 28.3. The van der Waals surface area contributed by atoms with Crippen molar-refractivity contribution in [3.05, 3.63) is 237 Å². The molecule has 57 heavy (non-hydrogen) atoms. The van der Waals surface area contributed by atoms with E-state index in [4.69, 9.17) is 4.42 Å². The van der Waals surface area contributed by atoms with Crippen LogP contribution in [-0.2, 0) is 0 Å². The summed E-state index contributed by atoms with van der Waals surface area (Å²) in [5, 5.41) is 7.69. The third kappa shape index (κ3) is 6.25. The van der Waals surface area contributed by atoms with Crippen molar-refractivity contribution in [2.24, 2.45) is 0 Å². The zero-order valence-corrected chi connectivity index (χ0v) is 32.4. The molecule has 9 aromatic carbocycles. The molecule has 0 N–H and O–H groups in total. The molecule has 0 saturated carbocycles. The Bertz CT molecular complexity index is 2810. The molecule has 0 atom stereocenters. The topological polar surface area (TPSA) is 16.4 Å². The van der Waals surface area contributed by atoms with Crippen LogP contribution in [0.15, 0.2) is 241 Å². The van der Waals surface area contributed by atoms with Gasteiger partial charge in [0.2, 0.25) is 0 Å². The fraction of sp³-hybridized carbons (Fsp3) is 0. The van der Waals surface area contributed by atoms with Crippen molar-refractivity contribution in [3.63, 3.8) is 0 Å². The van der Waals surface area contributed by atoms with Gasteiger partial charge in [-0.05, 0) is 97.6 Å². The van der Waals surface area contributed by atoms with Crippen molar-refractivity contribution in [2.75, 3.05) is 4.90 Å². The zero-order valence-electron chi connectivity index (χ0n) is 31.4. The van der Waals surface area contributed by atoms with E-state index in [1.807, 2.05) is 0 Å². The molecule has 1 aromatic heterocycles. The highest BCUT2D eigenvalue weighted by Gasteiger charge is 2.41. The molecule has 3 heteroatoms. The van der Waals surface area contributed by atoms with Gasteiger partial charge in [-0.1, -0.05) is 182 Å². The third-order valence-corrected chi connectivity index (χ3v) is 16.0. The van der Waals surface area contributed by atoms with Gasteiger partial charge in [0.1, 0.15) is 11.2 Å². The van der Waals surface area contributed by atoms with Crippen molar-refractivity contribution < 1.29 is 4.42 Å². The van der Waals surface area contributed by atoms with Crippen LogP contribution in [0.25, 0.3) is 44.2 Å². The predicted molar refractivity (Wildman–Crippen MR) is 243 cm³/mol. The minimum atomic E-state index is -2.59. The molecule has 0 saturated heterocycles. The summed E-state index contributed by atoms with van der Waals surface area (Å²) in [7, 11) is -2.59. The molecule has 0 aliphatic carbocycles. The predicted octanol–water partition coefficient (Wildman–Crippen LogP) is 11.8. The highest BCUT2D eigenvalue weighted by molar-refractivity contribution is 7.19. The molecule has 270 valence electrons. The second-order valence-electron chi connectivity index (χ2n) is 14.5. The van der Waals surface area contributed by atoms with E-state index in [2.05, 4.69) is 241 Å². The summed E-state index contributed by atoms with van der Waals surface area (Å²) in [5.74, 6) is 0. The zero-order chi connectivity index (χ0) is 38.0. The number of nitrogens with zero attached hydrogens (tertiary/aromatic N) is 1. The van der Waals surface area contributed by atoms with E-state index in [-0.39, 0.29) is 0 Å². The van der Waals surface area contributed by atoms with Crippen LogP contribution in [0.1, 0.15) is 0 Å². The Morgan fingerprint density at radius 3 is 1.19 bits per heavy atom. The van der Waals surface area contributed by atoms with E-state index < -0.39 is 8.07 Å². The second-order valence-corrected chi connectivity index (χ2v) is 18.3. The first-order valence-electron chi connectivity index (χ1n) is 19.5. The summed E-state index contributed by atoms with van der Waals surface area (Å²) < 4.78 is 6.34. The number of benzene rings is 9. The van der Waals surface area contributed by atoms with Crippen molar-refractivity contribution >= 4 is 67.8 Å². The Hall–Kier alpha value is -7.20. The summed E-state index contributed by atoms with van der Waals surface area (Å²) in [5.41, 5.74) is 9.75. The van der Waals surface area contributed by atoms with Crippen LogP contribution in [0, 0.1) is 0 Å². The Morgan fingerprint density at radius 2 is 0.649 bits per heavy atom. The number of rotatable bonds is 9. The Balaban J connectivity index is 1.03. The second kappa shape index (κ2) is 14.8. The Labute approximate surface area is 334 Å². The smallest absolute Gasteiger partial charge is 0.179 e. The van der Waals surface area contributed by atoms with E-state index in [1.54, 1.807) is 0 Å². The molecule has 0 aliphatic heterocycles. The maximum Gasteiger partial charge on any atom is 0.179 e. The number of anilines is 3. The van der Waals surface area contributed by atoms with E-state index >= 15 is 0 Å². The SMILES string of the molecule is c1ccc(-c2ccc3oc4ccc(N(c5ccccc5)c5ccc(-c6ccc([Si](c7ccccc7)(c7ccccc7)c7ccccc7)cc6)cc5)cc4c3c2)cc1. The lowest BCUT2D eigenvalue weighted by Gasteiger charge is -2.34. The van der Waals surface area contributed by atoms with Gasteiger partial charge in [-0.2, -0.15) is 0 Å². The molecule has 10 rings (SSSR count). The molecule has 0 unspecified atom stereocenters. The molecular weight excluding hydrogens is 707 g/mol. The Morgan fingerprint density at radius 1 is 0.281 bits per heavy atom. The summed E-state index contributed by atoms with van der Waals surface area (Å²) in [6, 6.07) is 85.7. The van der Waals surface area contributed by atoms with Gasteiger partial charge in [-0.3, -0.25) is 0 Å². The number of para-hydroxylation sites is 1. The summed E-state index contributed by atoms with van der Waals surface area (Å²) >= 11 is 0. The first kappa shape index (κ1) is 34.3. The molecule has 0 bridgehead atoms. The maximum atomic E-state index is 6.34. The van der Waals surface area contributed by atoms with Crippen LogP contribution in [0.2, 0.25) is 0 Å². The summed E-state index contributed by atoms with van der Waals surface area (Å²) in [6.45, 7) is 0. The minimum absolute atomic E-state index is 0.879. The van der Waals surface area contributed by atoms with E-state index in [1.165, 1.54) is 43.0 Å². The number of fused-ring (bicyclic) bond motifs is 3. The van der Waals surface area contributed by atoms with Crippen LogP contribution in [0.4, 0.5) is 17.1 Å². The van der Waals surface area contributed by atoms with Gasteiger partial charge < -0.3 is 9.32 Å². The lowest BCUT2D eigenvalue weighted by molar-refractivity contribution is 0.669. The quantitative estimate of drug-likeness (QED) is 0.108. The van der Waals surface area contributed by atoms with Crippen molar-refractivity contribution in [1.29, 1.82) is 0 Å². The van der Waals surface area contributed by atoms with Gasteiger partial charge in [0.25, 0.3) is 0 Å².